The molecule has 144 valence electrons. The molecular weight excluding hydrogens is 361 g/mol. The number of carbonyl (C=O) groups is 1. The first-order valence-corrected chi connectivity index (χ1v) is 9.29. The highest BCUT2D eigenvalue weighted by Gasteiger charge is 2.35. The number of likely N-dealkylation sites (tertiary alicyclic amines) is 1. The predicted octanol–water partition coefficient (Wildman–Crippen LogP) is 4.25. The zero-order valence-corrected chi connectivity index (χ0v) is 15.5. The summed E-state index contributed by atoms with van der Waals surface area (Å²) in [5.41, 5.74) is 1.18. The number of hydrogen-bond donors (Lipinski definition) is 0. The second-order valence-corrected chi connectivity index (χ2v) is 6.55. The molecular formula is C21H20FN3O3. The average Bonchev–Trinajstić information content (AvgIpc) is 3.38. The van der Waals surface area contributed by atoms with E-state index in [9.17, 15) is 9.18 Å². The van der Waals surface area contributed by atoms with Gasteiger partial charge in [-0.25, -0.2) is 4.39 Å². The van der Waals surface area contributed by atoms with Gasteiger partial charge in [0.2, 0.25) is 11.7 Å². The molecule has 3 aromatic rings. The molecule has 0 aliphatic carbocycles. The third kappa shape index (κ3) is 3.47. The molecule has 2 aromatic carbocycles. The van der Waals surface area contributed by atoms with Crippen molar-refractivity contribution in [2.75, 3.05) is 13.2 Å². The fourth-order valence-electron chi connectivity index (χ4n) is 3.43. The highest BCUT2D eigenvalue weighted by molar-refractivity contribution is 5.97. The van der Waals surface area contributed by atoms with Crippen molar-refractivity contribution in [1.29, 1.82) is 0 Å². The van der Waals surface area contributed by atoms with E-state index in [0.717, 1.165) is 12.8 Å². The summed E-state index contributed by atoms with van der Waals surface area (Å²) < 4.78 is 24.2. The summed E-state index contributed by atoms with van der Waals surface area (Å²) in [4.78, 5) is 19.4. The number of ether oxygens (including phenoxy) is 1. The molecule has 6 nitrogen and oxygen atoms in total. The number of nitrogens with zero attached hydrogens (tertiary/aromatic N) is 3. The van der Waals surface area contributed by atoms with Crippen LogP contribution in [0.4, 0.5) is 4.39 Å². The van der Waals surface area contributed by atoms with Crippen LogP contribution in [0.3, 0.4) is 0 Å². The first-order valence-electron chi connectivity index (χ1n) is 9.29. The van der Waals surface area contributed by atoms with Crippen molar-refractivity contribution >= 4 is 5.91 Å². The molecule has 1 aromatic heterocycles. The summed E-state index contributed by atoms with van der Waals surface area (Å²) in [7, 11) is 0. The third-order valence-corrected chi connectivity index (χ3v) is 4.76. The van der Waals surface area contributed by atoms with Gasteiger partial charge in [-0.15, -0.1) is 0 Å². The lowest BCUT2D eigenvalue weighted by Gasteiger charge is -2.23. The van der Waals surface area contributed by atoms with Crippen molar-refractivity contribution in [3.8, 4) is 17.1 Å². The number of amides is 1. The smallest absolute Gasteiger partial charge is 0.258 e. The standard InChI is InChI=1S/C21H20FN3O3/c1-2-27-18-8-4-3-6-16(18)21(26)25-13-5-7-17(25)20-23-19(24-28-20)14-9-11-15(22)12-10-14/h3-4,6,8-12,17H,2,5,7,13H2,1H3/t17-/m1/s1. The van der Waals surface area contributed by atoms with Gasteiger partial charge in [0.05, 0.1) is 12.2 Å². The van der Waals surface area contributed by atoms with E-state index in [2.05, 4.69) is 10.1 Å². The van der Waals surface area contributed by atoms with Gasteiger partial charge in [-0.05, 0) is 56.2 Å². The summed E-state index contributed by atoms with van der Waals surface area (Å²) >= 11 is 0. The molecule has 2 heterocycles. The summed E-state index contributed by atoms with van der Waals surface area (Å²) in [6.07, 6.45) is 1.59. The van der Waals surface area contributed by atoms with Crippen molar-refractivity contribution in [3.63, 3.8) is 0 Å². The molecule has 0 unspecified atom stereocenters. The number of halogens is 1. The third-order valence-electron chi connectivity index (χ3n) is 4.76. The molecule has 0 N–H and O–H groups in total. The summed E-state index contributed by atoms with van der Waals surface area (Å²) in [6.45, 7) is 2.98. The number of para-hydroxylation sites is 1. The van der Waals surface area contributed by atoms with Gasteiger partial charge in [-0.3, -0.25) is 4.79 Å². The predicted molar refractivity (Wildman–Crippen MR) is 100 cm³/mol. The number of carbonyl (C=O) groups excluding carboxylic acids is 1. The molecule has 0 radical (unpaired) electrons. The molecule has 1 aliphatic rings. The summed E-state index contributed by atoms with van der Waals surface area (Å²) in [5.74, 6) is 0.891. The van der Waals surface area contributed by atoms with E-state index < -0.39 is 0 Å². The van der Waals surface area contributed by atoms with Crippen LogP contribution in [-0.4, -0.2) is 34.1 Å². The van der Waals surface area contributed by atoms with Crippen LogP contribution in [0.5, 0.6) is 5.75 Å². The Labute approximate surface area is 161 Å². The van der Waals surface area contributed by atoms with E-state index in [1.54, 1.807) is 29.2 Å². The average molecular weight is 381 g/mol. The Hall–Kier alpha value is -3.22. The molecule has 1 atom stereocenters. The molecule has 0 bridgehead atoms. The van der Waals surface area contributed by atoms with Crippen LogP contribution in [0.2, 0.25) is 0 Å². The molecule has 1 aliphatic heterocycles. The molecule has 0 spiro atoms. The van der Waals surface area contributed by atoms with E-state index in [1.165, 1.54) is 12.1 Å². The monoisotopic (exact) mass is 381 g/mol. The Morgan fingerprint density at radius 1 is 1.25 bits per heavy atom. The lowest BCUT2D eigenvalue weighted by Crippen LogP contribution is -2.31. The zero-order valence-electron chi connectivity index (χ0n) is 15.5. The number of rotatable bonds is 5. The minimum atomic E-state index is -0.326. The number of aromatic nitrogens is 2. The first-order chi connectivity index (χ1) is 13.7. The van der Waals surface area contributed by atoms with Crippen LogP contribution in [0.25, 0.3) is 11.4 Å². The van der Waals surface area contributed by atoms with Gasteiger partial charge in [0, 0.05) is 12.1 Å². The van der Waals surface area contributed by atoms with Crippen molar-refractivity contribution in [2.45, 2.75) is 25.8 Å². The van der Waals surface area contributed by atoms with E-state index >= 15 is 0 Å². The molecule has 1 fully saturated rings. The first kappa shape index (κ1) is 18.2. The van der Waals surface area contributed by atoms with Crippen LogP contribution in [0, 0.1) is 5.82 Å². The molecule has 1 saturated heterocycles. The Morgan fingerprint density at radius 2 is 2.04 bits per heavy atom. The van der Waals surface area contributed by atoms with E-state index in [1.807, 2.05) is 19.1 Å². The fraction of sp³-hybridized carbons (Fsp3) is 0.286. The zero-order chi connectivity index (χ0) is 19.5. The molecule has 1 amide bonds. The van der Waals surface area contributed by atoms with Crippen molar-refractivity contribution in [2.24, 2.45) is 0 Å². The van der Waals surface area contributed by atoms with Gasteiger partial charge in [-0.2, -0.15) is 4.98 Å². The summed E-state index contributed by atoms with van der Waals surface area (Å²) in [5, 5.41) is 4.00. The van der Waals surface area contributed by atoms with Crippen molar-refractivity contribution < 1.29 is 18.4 Å². The normalized spacial score (nSPS) is 16.4. The SMILES string of the molecule is CCOc1ccccc1C(=O)N1CCC[C@@H]1c1nc(-c2ccc(F)cc2)no1. The van der Waals surface area contributed by atoms with E-state index in [0.29, 0.717) is 41.7 Å². The number of benzene rings is 2. The molecule has 7 heteroatoms. The van der Waals surface area contributed by atoms with Gasteiger partial charge in [0.1, 0.15) is 17.6 Å². The number of hydrogen-bond acceptors (Lipinski definition) is 5. The maximum Gasteiger partial charge on any atom is 0.258 e. The van der Waals surface area contributed by atoms with Crippen LogP contribution >= 0.6 is 0 Å². The Bertz CT molecular complexity index is 971. The molecule has 0 saturated carbocycles. The van der Waals surface area contributed by atoms with Crippen LogP contribution in [0.1, 0.15) is 42.1 Å². The van der Waals surface area contributed by atoms with Crippen LogP contribution < -0.4 is 4.74 Å². The van der Waals surface area contributed by atoms with Gasteiger partial charge in [0.15, 0.2) is 0 Å². The largest absolute Gasteiger partial charge is 0.493 e. The van der Waals surface area contributed by atoms with Gasteiger partial charge in [0.25, 0.3) is 5.91 Å². The Morgan fingerprint density at radius 3 is 2.82 bits per heavy atom. The van der Waals surface area contributed by atoms with Crippen LogP contribution in [-0.2, 0) is 0 Å². The second-order valence-electron chi connectivity index (χ2n) is 6.55. The quantitative estimate of drug-likeness (QED) is 0.661. The lowest BCUT2D eigenvalue weighted by molar-refractivity contribution is 0.0706. The maximum absolute atomic E-state index is 13.2. The molecule has 4 rings (SSSR count). The van der Waals surface area contributed by atoms with Gasteiger partial charge in [-0.1, -0.05) is 17.3 Å². The fourth-order valence-corrected chi connectivity index (χ4v) is 3.43. The Kier molecular flexibility index (Phi) is 5.06. The lowest BCUT2D eigenvalue weighted by atomic mass is 10.1. The highest BCUT2D eigenvalue weighted by Crippen LogP contribution is 2.34. The maximum atomic E-state index is 13.2. The summed E-state index contributed by atoms with van der Waals surface area (Å²) in [6, 6.07) is 12.8. The minimum Gasteiger partial charge on any atom is -0.493 e. The van der Waals surface area contributed by atoms with Gasteiger partial charge < -0.3 is 14.2 Å². The molecule has 28 heavy (non-hydrogen) atoms. The van der Waals surface area contributed by atoms with E-state index in [4.69, 9.17) is 9.26 Å². The van der Waals surface area contributed by atoms with Crippen LogP contribution in [0.15, 0.2) is 53.1 Å². The minimum absolute atomic E-state index is 0.118. The topological polar surface area (TPSA) is 68.5 Å². The van der Waals surface area contributed by atoms with Gasteiger partial charge >= 0.3 is 0 Å². The van der Waals surface area contributed by atoms with Crippen molar-refractivity contribution in [3.05, 3.63) is 65.8 Å². The van der Waals surface area contributed by atoms with Crippen molar-refractivity contribution in [1.82, 2.24) is 15.0 Å². The Balaban J connectivity index is 1.59. The second kappa shape index (κ2) is 7.80. The van der Waals surface area contributed by atoms with E-state index in [-0.39, 0.29) is 17.8 Å². The highest BCUT2D eigenvalue weighted by atomic mass is 19.1.